The summed E-state index contributed by atoms with van der Waals surface area (Å²) >= 11 is 0. The zero-order valence-electron chi connectivity index (χ0n) is 13.6. The first-order chi connectivity index (χ1) is 9.86. The van der Waals surface area contributed by atoms with E-state index in [0.717, 1.165) is 13.2 Å². The Bertz CT molecular complexity index is 185. The molecule has 0 aromatic carbocycles. The lowest BCUT2D eigenvalue weighted by atomic mass is 10.2. The third-order valence-corrected chi connectivity index (χ3v) is 4.11. The van der Waals surface area contributed by atoms with Crippen LogP contribution in [-0.2, 0) is 9.47 Å². The van der Waals surface area contributed by atoms with Gasteiger partial charge in [-0.15, -0.1) is 0 Å². The van der Waals surface area contributed by atoms with Crippen molar-refractivity contribution in [3.8, 4) is 0 Å². The van der Waals surface area contributed by atoms with Crippen molar-refractivity contribution < 1.29 is 9.47 Å². The van der Waals surface area contributed by atoms with Crippen molar-refractivity contribution in [2.45, 2.75) is 38.5 Å². The van der Waals surface area contributed by atoms with Gasteiger partial charge < -0.3 is 19.3 Å². The van der Waals surface area contributed by atoms with E-state index in [-0.39, 0.29) is 0 Å². The highest BCUT2D eigenvalue weighted by Gasteiger charge is 2.15. The van der Waals surface area contributed by atoms with Crippen molar-refractivity contribution in [1.29, 1.82) is 0 Å². The van der Waals surface area contributed by atoms with E-state index in [1.807, 2.05) is 0 Å². The lowest BCUT2D eigenvalue weighted by Crippen LogP contribution is -2.46. The van der Waals surface area contributed by atoms with Crippen LogP contribution in [0.4, 0.5) is 0 Å². The van der Waals surface area contributed by atoms with Crippen LogP contribution in [0.25, 0.3) is 0 Å². The third kappa shape index (κ3) is 8.90. The first kappa shape index (κ1) is 17.9. The van der Waals surface area contributed by atoms with Crippen molar-refractivity contribution in [1.82, 2.24) is 9.80 Å². The Kier molecular flexibility index (Phi) is 11.2. The van der Waals surface area contributed by atoms with Gasteiger partial charge in [0.25, 0.3) is 0 Å². The Morgan fingerprint density at radius 2 is 1.00 bits per heavy atom. The number of hydrogen-bond donors (Lipinski definition) is 0. The Hall–Kier alpha value is -0.160. The van der Waals surface area contributed by atoms with Gasteiger partial charge >= 0.3 is 0 Å². The van der Waals surface area contributed by atoms with Crippen LogP contribution in [0.2, 0.25) is 0 Å². The number of hydrogen-bond acceptors (Lipinski definition) is 4. The average molecular weight is 286 g/mol. The molecule has 1 fully saturated rings. The molecule has 1 rings (SSSR count). The summed E-state index contributed by atoms with van der Waals surface area (Å²) in [5.74, 6) is 0. The molecule has 0 spiro atoms. The van der Waals surface area contributed by atoms with Gasteiger partial charge in [0.15, 0.2) is 0 Å². The molecular weight excluding hydrogens is 252 g/mol. The monoisotopic (exact) mass is 286 g/mol. The summed E-state index contributed by atoms with van der Waals surface area (Å²) in [6.07, 6.45) is 7.65. The fourth-order valence-corrected chi connectivity index (χ4v) is 2.75. The normalized spacial score (nSPS) is 17.7. The van der Waals surface area contributed by atoms with Crippen LogP contribution in [0.3, 0.4) is 0 Å². The summed E-state index contributed by atoms with van der Waals surface area (Å²) in [6, 6.07) is 0. The molecule has 1 saturated heterocycles. The van der Waals surface area contributed by atoms with Gasteiger partial charge in [0.05, 0.1) is 0 Å². The SMILES string of the molecule is COCCCCCN1CCN(CCCCCOC)CC1. The second-order valence-corrected chi connectivity index (χ2v) is 5.79. The van der Waals surface area contributed by atoms with Gasteiger partial charge in [-0.1, -0.05) is 0 Å². The molecule has 0 atom stereocenters. The van der Waals surface area contributed by atoms with E-state index in [1.54, 1.807) is 14.2 Å². The van der Waals surface area contributed by atoms with Gasteiger partial charge in [-0.3, -0.25) is 0 Å². The third-order valence-electron chi connectivity index (χ3n) is 4.11. The Morgan fingerprint density at radius 1 is 0.600 bits per heavy atom. The lowest BCUT2D eigenvalue weighted by Gasteiger charge is -2.34. The minimum absolute atomic E-state index is 0.914. The predicted octanol–water partition coefficient (Wildman–Crippen LogP) is 2.24. The van der Waals surface area contributed by atoms with E-state index >= 15 is 0 Å². The van der Waals surface area contributed by atoms with Gasteiger partial charge in [0.2, 0.25) is 0 Å². The summed E-state index contributed by atoms with van der Waals surface area (Å²) < 4.78 is 10.2. The number of unbranched alkanes of at least 4 members (excludes halogenated alkanes) is 4. The smallest absolute Gasteiger partial charge is 0.0462 e. The highest BCUT2D eigenvalue weighted by molar-refractivity contribution is 4.71. The quantitative estimate of drug-likeness (QED) is 0.514. The fourth-order valence-electron chi connectivity index (χ4n) is 2.75. The fraction of sp³-hybridized carbons (Fsp3) is 1.00. The number of methoxy groups -OCH3 is 2. The minimum Gasteiger partial charge on any atom is -0.385 e. The summed E-state index contributed by atoms with van der Waals surface area (Å²) in [4.78, 5) is 5.24. The van der Waals surface area contributed by atoms with E-state index in [4.69, 9.17) is 9.47 Å². The van der Waals surface area contributed by atoms with E-state index in [2.05, 4.69) is 9.80 Å². The maximum atomic E-state index is 5.08. The van der Waals surface area contributed by atoms with Crippen LogP contribution < -0.4 is 0 Å². The maximum absolute atomic E-state index is 5.08. The predicted molar refractivity (Wildman–Crippen MR) is 84.3 cm³/mol. The molecule has 4 nitrogen and oxygen atoms in total. The average Bonchev–Trinajstić information content (AvgIpc) is 2.48. The summed E-state index contributed by atoms with van der Waals surface area (Å²) in [5.41, 5.74) is 0. The molecule has 0 aromatic heterocycles. The second-order valence-electron chi connectivity index (χ2n) is 5.79. The number of nitrogens with zero attached hydrogens (tertiary/aromatic N) is 2. The molecule has 0 N–H and O–H groups in total. The molecule has 4 heteroatoms. The zero-order chi connectivity index (χ0) is 14.5. The van der Waals surface area contributed by atoms with Crippen LogP contribution in [0.1, 0.15) is 38.5 Å². The summed E-state index contributed by atoms with van der Waals surface area (Å²) in [7, 11) is 3.57. The zero-order valence-corrected chi connectivity index (χ0v) is 13.6. The molecule has 0 aliphatic carbocycles. The summed E-state index contributed by atoms with van der Waals surface area (Å²) in [5, 5.41) is 0. The van der Waals surface area contributed by atoms with Crippen molar-refractivity contribution in [2.75, 3.05) is 66.7 Å². The number of rotatable bonds is 12. The highest BCUT2D eigenvalue weighted by Crippen LogP contribution is 2.06. The van der Waals surface area contributed by atoms with Gasteiger partial charge in [-0.2, -0.15) is 0 Å². The molecule has 1 aliphatic rings. The maximum Gasteiger partial charge on any atom is 0.0462 e. The second kappa shape index (κ2) is 12.6. The van der Waals surface area contributed by atoms with Crippen LogP contribution in [0, 0.1) is 0 Å². The molecule has 0 saturated carbocycles. The van der Waals surface area contributed by atoms with Gasteiger partial charge in [0.1, 0.15) is 0 Å². The first-order valence-electron chi connectivity index (χ1n) is 8.29. The molecule has 0 aromatic rings. The lowest BCUT2D eigenvalue weighted by molar-refractivity contribution is 0.126. The Balaban J connectivity index is 1.91. The minimum atomic E-state index is 0.914. The standard InChI is InChI=1S/C16H34N2O2/c1-19-15-7-3-5-9-17-11-13-18(14-12-17)10-6-4-8-16-20-2/h3-16H2,1-2H3. The van der Waals surface area contributed by atoms with E-state index in [0.29, 0.717) is 0 Å². The van der Waals surface area contributed by atoms with Crippen LogP contribution >= 0.6 is 0 Å². The molecular formula is C16H34N2O2. The summed E-state index contributed by atoms with van der Waals surface area (Å²) in [6.45, 7) is 9.37. The first-order valence-corrected chi connectivity index (χ1v) is 8.29. The molecule has 1 heterocycles. The highest BCUT2D eigenvalue weighted by atomic mass is 16.5. The number of piperazine rings is 1. The van der Waals surface area contributed by atoms with E-state index in [1.165, 1.54) is 77.8 Å². The molecule has 20 heavy (non-hydrogen) atoms. The van der Waals surface area contributed by atoms with Crippen LogP contribution in [0.15, 0.2) is 0 Å². The van der Waals surface area contributed by atoms with E-state index < -0.39 is 0 Å². The Morgan fingerprint density at radius 3 is 1.35 bits per heavy atom. The van der Waals surface area contributed by atoms with Gasteiger partial charge in [-0.05, 0) is 51.6 Å². The largest absolute Gasteiger partial charge is 0.385 e. The van der Waals surface area contributed by atoms with Gasteiger partial charge in [0, 0.05) is 53.6 Å². The molecule has 0 radical (unpaired) electrons. The molecule has 0 bridgehead atoms. The van der Waals surface area contributed by atoms with Crippen molar-refractivity contribution in [3.63, 3.8) is 0 Å². The van der Waals surface area contributed by atoms with Crippen molar-refractivity contribution in [2.24, 2.45) is 0 Å². The van der Waals surface area contributed by atoms with Crippen molar-refractivity contribution >= 4 is 0 Å². The van der Waals surface area contributed by atoms with Crippen LogP contribution in [-0.4, -0.2) is 76.5 Å². The topological polar surface area (TPSA) is 24.9 Å². The molecule has 0 unspecified atom stereocenters. The molecule has 120 valence electrons. The number of ether oxygens (including phenoxy) is 2. The molecule has 1 aliphatic heterocycles. The van der Waals surface area contributed by atoms with Crippen LogP contribution in [0.5, 0.6) is 0 Å². The Labute approximate surface area is 125 Å². The van der Waals surface area contributed by atoms with Gasteiger partial charge in [-0.25, -0.2) is 0 Å². The van der Waals surface area contributed by atoms with Crippen molar-refractivity contribution in [3.05, 3.63) is 0 Å². The van der Waals surface area contributed by atoms with E-state index in [9.17, 15) is 0 Å². The molecule has 0 amide bonds.